The van der Waals surface area contributed by atoms with Gasteiger partial charge < -0.3 is 32.0 Å². The molecule has 0 unspecified atom stereocenters. The Morgan fingerprint density at radius 2 is 1.00 bits per heavy atom. The average molecular weight is 380 g/mol. The molecule has 0 saturated carbocycles. The zero-order chi connectivity index (χ0) is 18.1. The third-order valence-electron chi connectivity index (χ3n) is 3.45. The minimum absolute atomic E-state index is 0.0318. The molecule has 8 heteroatoms. The Labute approximate surface area is 151 Å². The van der Waals surface area contributed by atoms with E-state index in [0.717, 1.165) is 0 Å². The number of hydrogen-bond acceptors (Lipinski definition) is 7. The standard InChI is InChI=1S/C18H21O7P/c19-26(13-20-10-16-4-1-7-23-16,14-21-11-17-5-2-8-24-17)15-22-12-18-6-3-9-25-18/h1-9H,10-15H2. The second-order valence-electron chi connectivity index (χ2n) is 5.73. The number of hydrogen-bond donors (Lipinski definition) is 0. The molecule has 0 N–H and O–H groups in total. The molecule has 0 aliphatic rings. The molecule has 0 spiro atoms. The quantitative estimate of drug-likeness (QED) is 0.423. The van der Waals surface area contributed by atoms with Gasteiger partial charge in [0.25, 0.3) is 0 Å². The van der Waals surface area contributed by atoms with Crippen molar-refractivity contribution in [1.29, 1.82) is 0 Å². The maximum atomic E-state index is 13.1. The van der Waals surface area contributed by atoms with Crippen LogP contribution in [0.4, 0.5) is 0 Å². The molecule has 0 aliphatic carbocycles. The maximum Gasteiger partial charge on any atom is 0.161 e. The van der Waals surface area contributed by atoms with Gasteiger partial charge in [-0.15, -0.1) is 0 Å². The fourth-order valence-corrected chi connectivity index (χ4v) is 3.73. The van der Waals surface area contributed by atoms with Crippen LogP contribution >= 0.6 is 7.14 Å². The van der Waals surface area contributed by atoms with E-state index in [0.29, 0.717) is 17.3 Å². The van der Waals surface area contributed by atoms with Crippen LogP contribution in [0.1, 0.15) is 17.3 Å². The van der Waals surface area contributed by atoms with Crippen LogP contribution in [-0.4, -0.2) is 19.0 Å². The monoisotopic (exact) mass is 380 g/mol. The Balaban J connectivity index is 1.48. The fourth-order valence-electron chi connectivity index (χ4n) is 2.23. The Morgan fingerprint density at radius 1 is 0.654 bits per heavy atom. The van der Waals surface area contributed by atoms with Crippen molar-refractivity contribution in [2.24, 2.45) is 0 Å². The number of ether oxygens (including phenoxy) is 3. The minimum atomic E-state index is -2.87. The first-order chi connectivity index (χ1) is 12.7. The van der Waals surface area contributed by atoms with Gasteiger partial charge in [0.2, 0.25) is 0 Å². The lowest BCUT2D eigenvalue weighted by Crippen LogP contribution is -2.08. The molecular formula is C18H21O7P. The van der Waals surface area contributed by atoms with Crippen LogP contribution in [0.15, 0.2) is 68.4 Å². The molecule has 0 atom stereocenters. The Bertz CT molecular complexity index is 657. The van der Waals surface area contributed by atoms with Gasteiger partial charge in [-0.1, -0.05) is 0 Å². The second kappa shape index (κ2) is 9.59. The van der Waals surface area contributed by atoms with E-state index in [1.165, 1.54) is 0 Å². The van der Waals surface area contributed by atoms with Crippen LogP contribution in [-0.2, 0) is 38.6 Å². The van der Waals surface area contributed by atoms with Gasteiger partial charge in [-0.25, -0.2) is 0 Å². The molecular weight excluding hydrogens is 359 g/mol. The lowest BCUT2D eigenvalue weighted by Gasteiger charge is -2.18. The average Bonchev–Trinajstić information content (AvgIpc) is 3.39. The normalized spacial score (nSPS) is 11.8. The summed E-state index contributed by atoms with van der Waals surface area (Å²) in [5, 5.41) is 0. The number of furan rings is 3. The SMILES string of the molecule is O=P(COCc1ccco1)(COCc1ccco1)COCc1ccco1. The van der Waals surface area contributed by atoms with Gasteiger partial charge in [-0.05, 0) is 36.4 Å². The van der Waals surface area contributed by atoms with Gasteiger partial charge >= 0.3 is 0 Å². The van der Waals surface area contributed by atoms with Gasteiger partial charge in [0.1, 0.15) is 56.1 Å². The van der Waals surface area contributed by atoms with Gasteiger partial charge in [0.05, 0.1) is 18.8 Å². The third kappa shape index (κ3) is 6.04. The highest BCUT2D eigenvalue weighted by atomic mass is 31.2. The highest BCUT2D eigenvalue weighted by molar-refractivity contribution is 7.63. The van der Waals surface area contributed by atoms with Crippen LogP contribution < -0.4 is 0 Å². The van der Waals surface area contributed by atoms with E-state index in [9.17, 15) is 4.57 Å². The molecule has 0 bridgehead atoms. The van der Waals surface area contributed by atoms with Crippen molar-refractivity contribution in [2.75, 3.05) is 19.0 Å². The Morgan fingerprint density at radius 3 is 1.27 bits per heavy atom. The summed E-state index contributed by atoms with van der Waals surface area (Å²) in [4.78, 5) is 0. The van der Waals surface area contributed by atoms with Crippen molar-refractivity contribution in [3.05, 3.63) is 72.5 Å². The van der Waals surface area contributed by atoms with Crippen molar-refractivity contribution < 1.29 is 32.0 Å². The van der Waals surface area contributed by atoms with Crippen LogP contribution in [0.2, 0.25) is 0 Å². The van der Waals surface area contributed by atoms with Crippen molar-refractivity contribution >= 4 is 7.14 Å². The zero-order valence-electron chi connectivity index (χ0n) is 14.2. The molecule has 0 aromatic carbocycles. The molecule has 3 aromatic heterocycles. The van der Waals surface area contributed by atoms with E-state index in [1.807, 2.05) is 0 Å². The summed E-state index contributed by atoms with van der Waals surface area (Å²) in [6.07, 6.45) is 4.80. The molecule has 0 radical (unpaired) electrons. The molecule has 26 heavy (non-hydrogen) atoms. The van der Waals surface area contributed by atoms with Gasteiger partial charge in [0.15, 0.2) is 7.14 Å². The molecule has 3 aromatic rings. The van der Waals surface area contributed by atoms with Crippen molar-refractivity contribution in [2.45, 2.75) is 19.8 Å². The van der Waals surface area contributed by atoms with E-state index in [1.54, 1.807) is 55.2 Å². The number of rotatable bonds is 12. The molecule has 3 heterocycles. The fraction of sp³-hybridized carbons (Fsp3) is 0.333. The molecule has 3 rings (SSSR count). The van der Waals surface area contributed by atoms with Gasteiger partial charge in [-0.2, -0.15) is 0 Å². The van der Waals surface area contributed by atoms with E-state index in [4.69, 9.17) is 27.5 Å². The summed E-state index contributed by atoms with van der Waals surface area (Å²) >= 11 is 0. The molecule has 7 nitrogen and oxygen atoms in total. The van der Waals surface area contributed by atoms with Crippen LogP contribution in [0.5, 0.6) is 0 Å². The van der Waals surface area contributed by atoms with Crippen LogP contribution in [0.3, 0.4) is 0 Å². The summed E-state index contributed by atoms with van der Waals surface area (Å²) in [6, 6.07) is 10.7. The predicted octanol–water partition coefficient (Wildman–Crippen LogP) is 4.65. The summed E-state index contributed by atoms with van der Waals surface area (Å²) in [6.45, 7) is 0.730. The zero-order valence-corrected chi connectivity index (χ0v) is 15.1. The maximum absolute atomic E-state index is 13.1. The van der Waals surface area contributed by atoms with Crippen molar-refractivity contribution in [3.63, 3.8) is 0 Å². The van der Waals surface area contributed by atoms with Crippen molar-refractivity contribution in [3.8, 4) is 0 Å². The summed E-state index contributed by atoms with van der Waals surface area (Å²) in [7, 11) is -2.87. The third-order valence-corrected chi connectivity index (χ3v) is 5.41. The first-order valence-corrected chi connectivity index (χ1v) is 10.4. The summed E-state index contributed by atoms with van der Waals surface area (Å²) < 4.78 is 45.4. The summed E-state index contributed by atoms with van der Waals surface area (Å²) in [5.41, 5.74) is 0. The molecule has 0 amide bonds. The molecule has 0 saturated heterocycles. The Hall–Kier alpha value is -2.05. The van der Waals surface area contributed by atoms with Gasteiger partial charge in [0, 0.05) is 0 Å². The predicted molar refractivity (Wildman–Crippen MR) is 92.7 cm³/mol. The first-order valence-electron chi connectivity index (χ1n) is 8.11. The van der Waals surface area contributed by atoms with E-state index >= 15 is 0 Å². The van der Waals surface area contributed by atoms with E-state index in [2.05, 4.69) is 0 Å². The first kappa shape index (κ1) is 18.7. The minimum Gasteiger partial charge on any atom is -0.467 e. The highest BCUT2D eigenvalue weighted by Crippen LogP contribution is 2.46. The topological polar surface area (TPSA) is 84.2 Å². The van der Waals surface area contributed by atoms with Crippen LogP contribution in [0.25, 0.3) is 0 Å². The lowest BCUT2D eigenvalue weighted by atomic mass is 10.5. The van der Waals surface area contributed by atoms with Gasteiger partial charge in [-0.3, -0.25) is 0 Å². The Kier molecular flexibility index (Phi) is 6.91. The van der Waals surface area contributed by atoms with Crippen molar-refractivity contribution in [1.82, 2.24) is 0 Å². The second-order valence-corrected chi connectivity index (χ2v) is 8.62. The largest absolute Gasteiger partial charge is 0.467 e. The lowest BCUT2D eigenvalue weighted by molar-refractivity contribution is 0.107. The molecule has 0 fully saturated rings. The molecule has 140 valence electrons. The van der Waals surface area contributed by atoms with E-state index < -0.39 is 7.14 Å². The highest BCUT2D eigenvalue weighted by Gasteiger charge is 2.24. The van der Waals surface area contributed by atoms with E-state index in [-0.39, 0.29) is 38.9 Å². The molecule has 0 aliphatic heterocycles. The smallest absolute Gasteiger partial charge is 0.161 e. The summed E-state index contributed by atoms with van der Waals surface area (Å²) in [5.74, 6) is 2.01. The van der Waals surface area contributed by atoms with Crippen LogP contribution in [0, 0.1) is 0 Å².